The van der Waals surface area contributed by atoms with E-state index in [1.54, 1.807) is 11.8 Å². The van der Waals surface area contributed by atoms with Crippen LogP contribution in [0.1, 0.15) is 5.82 Å². The second-order valence-corrected chi connectivity index (χ2v) is 3.50. The lowest BCUT2D eigenvalue weighted by Gasteiger charge is -1.97. The zero-order chi connectivity index (χ0) is 7.68. The minimum Gasteiger partial charge on any atom is -0.330 e. The average Bonchev–Trinajstić information content (AvgIpc) is 2.53. The maximum absolute atomic E-state index is 5.43. The van der Waals surface area contributed by atoms with E-state index >= 15 is 0 Å². The van der Waals surface area contributed by atoms with Gasteiger partial charge in [0.25, 0.3) is 0 Å². The number of nitrogens with two attached hydrogens (primary N) is 1. The summed E-state index contributed by atoms with van der Waals surface area (Å²) in [4.78, 5) is 0. The summed E-state index contributed by atoms with van der Waals surface area (Å²) >= 11 is 1.76. The molecule has 13 heavy (non-hydrogen) atoms. The van der Waals surface area contributed by atoms with E-state index in [0.717, 1.165) is 29.7 Å². The highest BCUT2D eigenvalue weighted by Gasteiger charge is 2.16. The van der Waals surface area contributed by atoms with E-state index in [0.29, 0.717) is 6.54 Å². The van der Waals surface area contributed by atoms with Crippen LogP contribution in [0.5, 0.6) is 0 Å². The molecule has 0 amide bonds. The van der Waals surface area contributed by atoms with Gasteiger partial charge < -0.3 is 10.3 Å². The Morgan fingerprint density at radius 1 is 1.38 bits per heavy atom. The van der Waals surface area contributed by atoms with Crippen LogP contribution < -0.4 is 5.73 Å². The lowest BCUT2D eigenvalue weighted by molar-refractivity contribution is 0.669. The summed E-state index contributed by atoms with van der Waals surface area (Å²) in [5.74, 6) is 2.16. The lowest BCUT2D eigenvalue weighted by atomic mass is 10.4. The van der Waals surface area contributed by atoms with Gasteiger partial charge >= 0.3 is 0 Å². The van der Waals surface area contributed by atoms with Crippen molar-refractivity contribution in [2.45, 2.75) is 18.1 Å². The molecule has 4 nitrogen and oxygen atoms in total. The number of halogens is 2. The number of aromatic nitrogens is 3. The van der Waals surface area contributed by atoms with Crippen LogP contribution in [0, 0.1) is 0 Å². The Hall–Kier alpha value is 0.0300. The van der Waals surface area contributed by atoms with Crippen molar-refractivity contribution in [1.29, 1.82) is 0 Å². The highest BCUT2D eigenvalue weighted by Crippen LogP contribution is 2.23. The van der Waals surface area contributed by atoms with Crippen LogP contribution in [0.2, 0.25) is 0 Å². The van der Waals surface area contributed by atoms with Crippen molar-refractivity contribution < 1.29 is 0 Å². The zero-order valence-electron chi connectivity index (χ0n) is 6.97. The Bertz CT molecular complexity index is 265. The summed E-state index contributed by atoms with van der Waals surface area (Å²) < 4.78 is 2.15. The fourth-order valence-corrected chi connectivity index (χ4v) is 2.10. The molecule has 0 radical (unpaired) electrons. The molecule has 0 aliphatic carbocycles. The SMILES string of the molecule is Cl.Cl.NCCc1nnc2n1CCS2. The highest BCUT2D eigenvalue weighted by molar-refractivity contribution is 7.99. The molecule has 7 heteroatoms. The predicted octanol–water partition coefficient (Wildman–Crippen LogP) is 0.729. The minimum atomic E-state index is 0. The van der Waals surface area contributed by atoms with Crippen LogP contribution >= 0.6 is 36.6 Å². The van der Waals surface area contributed by atoms with Gasteiger partial charge in [0.1, 0.15) is 5.82 Å². The Balaban J connectivity index is 0.000000720. The summed E-state index contributed by atoms with van der Waals surface area (Å²) in [6.45, 7) is 1.70. The van der Waals surface area contributed by atoms with E-state index in [-0.39, 0.29) is 24.8 Å². The summed E-state index contributed by atoms with van der Waals surface area (Å²) in [6.07, 6.45) is 0.841. The van der Waals surface area contributed by atoms with Gasteiger partial charge in [0, 0.05) is 18.7 Å². The van der Waals surface area contributed by atoms with Crippen molar-refractivity contribution in [3.8, 4) is 0 Å². The van der Waals surface area contributed by atoms with E-state index < -0.39 is 0 Å². The molecular weight excluding hydrogens is 231 g/mol. The van der Waals surface area contributed by atoms with Crippen molar-refractivity contribution in [3.63, 3.8) is 0 Å². The molecule has 1 aliphatic rings. The second-order valence-electron chi connectivity index (χ2n) is 2.44. The molecule has 0 fully saturated rings. The van der Waals surface area contributed by atoms with Gasteiger partial charge in [0.05, 0.1) is 0 Å². The standard InChI is InChI=1S/C6H10N4S.2ClH/c7-2-1-5-8-9-6-10(5)3-4-11-6;;/h1-4,7H2;2*1H. The van der Waals surface area contributed by atoms with Gasteiger partial charge in [0.2, 0.25) is 0 Å². The summed E-state index contributed by atoms with van der Waals surface area (Å²) in [7, 11) is 0. The smallest absolute Gasteiger partial charge is 0.191 e. The maximum atomic E-state index is 5.43. The molecule has 0 saturated carbocycles. The van der Waals surface area contributed by atoms with Crippen molar-refractivity contribution in [1.82, 2.24) is 14.8 Å². The fourth-order valence-electron chi connectivity index (χ4n) is 1.19. The first-order valence-corrected chi connectivity index (χ1v) is 4.65. The first-order valence-electron chi connectivity index (χ1n) is 3.67. The average molecular weight is 243 g/mol. The van der Waals surface area contributed by atoms with E-state index in [1.807, 2.05) is 0 Å². The topological polar surface area (TPSA) is 56.7 Å². The van der Waals surface area contributed by atoms with Crippen molar-refractivity contribution in [2.75, 3.05) is 12.3 Å². The van der Waals surface area contributed by atoms with Crippen molar-refractivity contribution in [2.24, 2.45) is 5.73 Å². The zero-order valence-corrected chi connectivity index (χ0v) is 9.42. The first-order chi connectivity index (χ1) is 5.42. The number of fused-ring (bicyclic) bond motifs is 1. The molecular formula is C6H12Cl2N4S. The quantitative estimate of drug-likeness (QED) is 0.831. The molecule has 0 bridgehead atoms. The normalized spacial score (nSPS) is 13.0. The van der Waals surface area contributed by atoms with E-state index in [9.17, 15) is 0 Å². The molecule has 0 atom stereocenters. The van der Waals surface area contributed by atoms with Crippen LogP contribution in [0.15, 0.2) is 5.16 Å². The third-order valence-corrected chi connectivity index (χ3v) is 2.65. The number of hydrogen-bond donors (Lipinski definition) is 1. The molecule has 76 valence electrons. The van der Waals surface area contributed by atoms with Crippen molar-refractivity contribution in [3.05, 3.63) is 5.82 Å². The Labute approximate surface area is 93.5 Å². The van der Waals surface area contributed by atoms with Gasteiger partial charge in [0.15, 0.2) is 5.16 Å². The van der Waals surface area contributed by atoms with Crippen LogP contribution in [-0.4, -0.2) is 27.1 Å². The molecule has 2 heterocycles. The van der Waals surface area contributed by atoms with Gasteiger partial charge in [-0.05, 0) is 6.54 Å². The number of nitrogens with zero attached hydrogens (tertiary/aromatic N) is 3. The third-order valence-electron chi connectivity index (χ3n) is 1.71. The van der Waals surface area contributed by atoms with Crippen LogP contribution in [-0.2, 0) is 13.0 Å². The highest BCUT2D eigenvalue weighted by atomic mass is 35.5. The molecule has 2 rings (SSSR count). The first kappa shape index (κ1) is 13.0. The van der Waals surface area contributed by atoms with Gasteiger partial charge in [-0.15, -0.1) is 35.0 Å². The minimum absolute atomic E-state index is 0. The molecule has 1 aliphatic heterocycles. The summed E-state index contributed by atoms with van der Waals surface area (Å²) in [6, 6.07) is 0. The number of rotatable bonds is 2. The Morgan fingerprint density at radius 2 is 2.15 bits per heavy atom. The number of hydrogen-bond acceptors (Lipinski definition) is 4. The van der Waals surface area contributed by atoms with E-state index in [4.69, 9.17) is 5.73 Å². The Morgan fingerprint density at radius 3 is 2.85 bits per heavy atom. The van der Waals surface area contributed by atoms with Gasteiger partial charge in [-0.25, -0.2) is 0 Å². The molecule has 1 aromatic heterocycles. The number of thioether (sulfide) groups is 1. The van der Waals surface area contributed by atoms with Gasteiger partial charge in [-0.3, -0.25) is 0 Å². The largest absolute Gasteiger partial charge is 0.330 e. The molecule has 0 unspecified atom stereocenters. The molecule has 0 aromatic carbocycles. The Kier molecular flexibility index (Phi) is 5.71. The summed E-state index contributed by atoms with van der Waals surface area (Å²) in [5, 5.41) is 9.12. The molecule has 0 spiro atoms. The molecule has 0 saturated heterocycles. The van der Waals surface area contributed by atoms with Crippen LogP contribution in [0.4, 0.5) is 0 Å². The molecule has 1 aromatic rings. The molecule has 2 N–H and O–H groups in total. The van der Waals surface area contributed by atoms with Gasteiger partial charge in [-0.1, -0.05) is 11.8 Å². The van der Waals surface area contributed by atoms with E-state index in [2.05, 4.69) is 14.8 Å². The van der Waals surface area contributed by atoms with Gasteiger partial charge in [-0.2, -0.15) is 0 Å². The van der Waals surface area contributed by atoms with E-state index in [1.165, 1.54) is 0 Å². The van der Waals surface area contributed by atoms with Crippen LogP contribution in [0.3, 0.4) is 0 Å². The van der Waals surface area contributed by atoms with Crippen molar-refractivity contribution >= 4 is 36.6 Å². The lowest BCUT2D eigenvalue weighted by Crippen LogP contribution is -2.09. The third kappa shape index (κ3) is 2.49. The second kappa shape index (κ2) is 5.70. The predicted molar refractivity (Wildman–Crippen MR) is 58.0 cm³/mol. The summed E-state index contributed by atoms with van der Waals surface area (Å²) in [5.41, 5.74) is 5.43. The monoisotopic (exact) mass is 242 g/mol. The van der Waals surface area contributed by atoms with Crippen LogP contribution in [0.25, 0.3) is 0 Å². The maximum Gasteiger partial charge on any atom is 0.191 e. The fraction of sp³-hybridized carbons (Fsp3) is 0.667.